The molecule has 6 heteroatoms. The molecule has 1 heterocycles. The van der Waals surface area contributed by atoms with Gasteiger partial charge in [-0.25, -0.2) is 4.98 Å². The van der Waals surface area contributed by atoms with Crippen LogP contribution in [-0.2, 0) is 19.3 Å². The summed E-state index contributed by atoms with van der Waals surface area (Å²) >= 11 is 0. The van der Waals surface area contributed by atoms with Gasteiger partial charge in [0.25, 0.3) is 0 Å². The average molecular weight is 345 g/mol. The van der Waals surface area contributed by atoms with Gasteiger partial charge in [0, 0.05) is 32.0 Å². The van der Waals surface area contributed by atoms with E-state index in [1.54, 1.807) is 12.5 Å². The van der Waals surface area contributed by atoms with Crippen LogP contribution >= 0.6 is 0 Å². The van der Waals surface area contributed by atoms with Gasteiger partial charge in [-0.2, -0.15) is 13.2 Å². The number of halogens is 3. The average Bonchev–Trinajstić information content (AvgIpc) is 3.12. The third-order valence-electron chi connectivity index (χ3n) is 3.93. The van der Waals surface area contributed by atoms with E-state index in [0.29, 0.717) is 0 Å². The Bertz CT molecular complexity index is 776. The molecule has 0 aliphatic heterocycles. The van der Waals surface area contributed by atoms with Crippen molar-refractivity contribution in [2.24, 2.45) is 0 Å². The quantitative estimate of drug-likeness (QED) is 0.673. The SMILES string of the molecule is FC(F)(F)c1ccc(-c2ccc(CNCCn3ccnc3)cc2)cc1. The van der Waals surface area contributed by atoms with E-state index in [-0.39, 0.29) is 0 Å². The summed E-state index contributed by atoms with van der Waals surface area (Å²) in [5.41, 5.74) is 2.17. The maximum absolute atomic E-state index is 12.6. The van der Waals surface area contributed by atoms with Crippen molar-refractivity contribution in [3.63, 3.8) is 0 Å². The summed E-state index contributed by atoms with van der Waals surface area (Å²) in [7, 11) is 0. The maximum atomic E-state index is 12.6. The molecule has 0 amide bonds. The van der Waals surface area contributed by atoms with E-state index in [1.807, 2.05) is 35.0 Å². The molecule has 0 radical (unpaired) electrons. The molecule has 130 valence electrons. The number of aromatic nitrogens is 2. The molecule has 2 aromatic carbocycles. The summed E-state index contributed by atoms with van der Waals surface area (Å²) in [4.78, 5) is 3.99. The van der Waals surface area contributed by atoms with Crippen molar-refractivity contribution in [3.05, 3.63) is 78.4 Å². The number of nitrogens with zero attached hydrogens (tertiary/aromatic N) is 2. The Morgan fingerprint density at radius 2 is 1.56 bits per heavy atom. The van der Waals surface area contributed by atoms with E-state index in [0.717, 1.165) is 48.5 Å². The van der Waals surface area contributed by atoms with Crippen LogP contribution in [0.3, 0.4) is 0 Å². The van der Waals surface area contributed by atoms with Crippen molar-refractivity contribution in [2.45, 2.75) is 19.3 Å². The summed E-state index contributed by atoms with van der Waals surface area (Å²) in [6, 6.07) is 13.0. The highest BCUT2D eigenvalue weighted by Gasteiger charge is 2.29. The van der Waals surface area contributed by atoms with Crippen molar-refractivity contribution < 1.29 is 13.2 Å². The number of hydrogen-bond acceptors (Lipinski definition) is 2. The molecule has 0 saturated carbocycles. The second-order valence-corrected chi connectivity index (χ2v) is 5.75. The highest BCUT2D eigenvalue weighted by molar-refractivity contribution is 5.64. The van der Waals surface area contributed by atoms with Crippen LogP contribution < -0.4 is 5.32 Å². The summed E-state index contributed by atoms with van der Waals surface area (Å²) in [5.74, 6) is 0. The predicted molar refractivity (Wildman–Crippen MR) is 90.8 cm³/mol. The monoisotopic (exact) mass is 345 g/mol. The number of benzene rings is 2. The highest BCUT2D eigenvalue weighted by Crippen LogP contribution is 2.31. The smallest absolute Gasteiger partial charge is 0.336 e. The van der Waals surface area contributed by atoms with Crippen molar-refractivity contribution >= 4 is 0 Å². The van der Waals surface area contributed by atoms with E-state index in [2.05, 4.69) is 10.3 Å². The number of imidazole rings is 1. The highest BCUT2D eigenvalue weighted by atomic mass is 19.4. The van der Waals surface area contributed by atoms with E-state index < -0.39 is 11.7 Å². The molecular weight excluding hydrogens is 327 g/mol. The predicted octanol–water partition coefficient (Wildman–Crippen LogP) is 4.36. The standard InChI is InChI=1S/C19H18F3N3/c20-19(21,22)18-7-5-17(6-8-18)16-3-1-15(2-4-16)13-23-9-11-25-12-10-24-14-25/h1-8,10,12,14,23H,9,11,13H2. The lowest BCUT2D eigenvalue weighted by Gasteiger charge is -2.09. The molecule has 0 fully saturated rings. The number of alkyl halides is 3. The third kappa shape index (κ3) is 4.70. The molecule has 0 bridgehead atoms. The molecule has 3 aromatic rings. The van der Waals surface area contributed by atoms with Crippen LogP contribution in [0.25, 0.3) is 11.1 Å². The molecule has 1 aromatic heterocycles. The maximum Gasteiger partial charge on any atom is 0.416 e. The van der Waals surface area contributed by atoms with Crippen LogP contribution in [0, 0.1) is 0 Å². The summed E-state index contributed by atoms with van der Waals surface area (Å²) < 4.78 is 39.8. The summed E-state index contributed by atoms with van der Waals surface area (Å²) in [6.45, 7) is 2.42. The van der Waals surface area contributed by atoms with Gasteiger partial charge >= 0.3 is 6.18 Å². The molecule has 3 rings (SSSR count). The molecule has 0 saturated heterocycles. The zero-order chi connectivity index (χ0) is 17.7. The molecule has 0 spiro atoms. The second kappa shape index (κ2) is 7.53. The first-order valence-electron chi connectivity index (χ1n) is 7.95. The lowest BCUT2D eigenvalue weighted by atomic mass is 10.0. The Hall–Kier alpha value is -2.60. The van der Waals surface area contributed by atoms with Crippen LogP contribution in [-0.4, -0.2) is 16.1 Å². The largest absolute Gasteiger partial charge is 0.416 e. The van der Waals surface area contributed by atoms with E-state index in [4.69, 9.17) is 0 Å². The molecular formula is C19H18F3N3. The molecule has 1 N–H and O–H groups in total. The van der Waals surface area contributed by atoms with E-state index >= 15 is 0 Å². The minimum atomic E-state index is -4.30. The van der Waals surface area contributed by atoms with Gasteiger partial charge in [-0.05, 0) is 28.8 Å². The van der Waals surface area contributed by atoms with Gasteiger partial charge in [-0.15, -0.1) is 0 Å². The second-order valence-electron chi connectivity index (χ2n) is 5.75. The molecule has 0 aliphatic rings. The lowest BCUT2D eigenvalue weighted by molar-refractivity contribution is -0.137. The molecule has 25 heavy (non-hydrogen) atoms. The van der Waals surface area contributed by atoms with E-state index in [1.165, 1.54) is 12.1 Å². The van der Waals surface area contributed by atoms with Gasteiger partial charge in [0.15, 0.2) is 0 Å². The lowest BCUT2D eigenvalue weighted by Crippen LogP contribution is -2.18. The fourth-order valence-electron chi connectivity index (χ4n) is 2.53. The molecule has 0 aliphatic carbocycles. The van der Waals surface area contributed by atoms with Crippen LogP contribution in [0.4, 0.5) is 13.2 Å². The Labute approximate surface area is 144 Å². The Kier molecular flexibility index (Phi) is 5.19. The van der Waals surface area contributed by atoms with Gasteiger partial charge in [-0.1, -0.05) is 36.4 Å². The van der Waals surface area contributed by atoms with Crippen LogP contribution in [0.15, 0.2) is 67.3 Å². The minimum Gasteiger partial charge on any atom is -0.336 e. The van der Waals surface area contributed by atoms with Gasteiger partial charge in [0.05, 0.1) is 11.9 Å². The number of rotatable bonds is 6. The topological polar surface area (TPSA) is 29.9 Å². The van der Waals surface area contributed by atoms with Gasteiger partial charge < -0.3 is 9.88 Å². The van der Waals surface area contributed by atoms with Gasteiger partial charge in [-0.3, -0.25) is 0 Å². The van der Waals surface area contributed by atoms with E-state index in [9.17, 15) is 13.2 Å². The molecule has 0 atom stereocenters. The Morgan fingerprint density at radius 3 is 2.12 bits per heavy atom. The molecule has 0 unspecified atom stereocenters. The first-order chi connectivity index (χ1) is 12.0. The first-order valence-corrected chi connectivity index (χ1v) is 7.95. The summed E-state index contributed by atoms with van der Waals surface area (Å²) in [6.07, 6.45) is 1.14. The van der Waals surface area contributed by atoms with Crippen LogP contribution in [0.5, 0.6) is 0 Å². The Balaban J connectivity index is 1.54. The number of hydrogen-bond donors (Lipinski definition) is 1. The fraction of sp³-hybridized carbons (Fsp3) is 0.211. The van der Waals surface area contributed by atoms with Gasteiger partial charge in [0.2, 0.25) is 0 Å². The molecule has 3 nitrogen and oxygen atoms in total. The van der Waals surface area contributed by atoms with Crippen LogP contribution in [0.1, 0.15) is 11.1 Å². The van der Waals surface area contributed by atoms with Crippen molar-refractivity contribution in [1.29, 1.82) is 0 Å². The zero-order valence-corrected chi connectivity index (χ0v) is 13.5. The van der Waals surface area contributed by atoms with Crippen LogP contribution in [0.2, 0.25) is 0 Å². The zero-order valence-electron chi connectivity index (χ0n) is 13.5. The van der Waals surface area contributed by atoms with Crippen molar-refractivity contribution in [3.8, 4) is 11.1 Å². The fourth-order valence-corrected chi connectivity index (χ4v) is 2.53. The third-order valence-corrected chi connectivity index (χ3v) is 3.93. The Morgan fingerprint density at radius 1 is 0.920 bits per heavy atom. The first kappa shape index (κ1) is 17.2. The van der Waals surface area contributed by atoms with Gasteiger partial charge in [0.1, 0.15) is 0 Å². The summed E-state index contributed by atoms with van der Waals surface area (Å²) in [5, 5.41) is 3.35. The minimum absolute atomic E-state index is 0.630. The number of nitrogens with one attached hydrogen (secondary N) is 1. The van der Waals surface area contributed by atoms with Crippen molar-refractivity contribution in [1.82, 2.24) is 14.9 Å². The normalized spacial score (nSPS) is 11.6. The van der Waals surface area contributed by atoms with Crippen molar-refractivity contribution in [2.75, 3.05) is 6.54 Å².